The van der Waals surface area contributed by atoms with E-state index in [0.29, 0.717) is 12.1 Å². The van der Waals surface area contributed by atoms with Gasteiger partial charge in [-0.05, 0) is 39.5 Å². The van der Waals surface area contributed by atoms with Crippen molar-refractivity contribution in [3.8, 4) is 0 Å². The third kappa shape index (κ3) is 3.92. The smallest absolute Gasteiger partial charge is 0.0741 e. The van der Waals surface area contributed by atoms with E-state index in [1.54, 1.807) is 0 Å². The van der Waals surface area contributed by atoms with Crippen LogP contribution in [-0.2, 0) is 14.2 Å². The average Bonchev–Trinajstić information content (AvgIpc) is 2.37. The fraction of sp³-hybridized carbons (Fsp3) is 1.00. The van der Waals surface area contributed by atoms with Crippen LogP contribution >= 0.6 is 0 Å². The first-order valence-corrected chi connectivity index (χ1v) is 7.29. The molecule has 2 heterocycles. The molecule has 2 aliphatic heterocycles. The van der Waals surface area contributed by atoms with Crippen LogP contribution in [0.15, 0.2) is 0 Å². The molecule has 2 atom stereocenters. The first-order chi connectivity index (χ1) is 8.74. The molecule has 2 unspecified atom stereocenters. The molecule has 0 aliphatic carbocycles. The summed E-state index contributed by atoms with van der Waals surface area (Å²) in [5.74, 6) is 0. The van der Waals surface area contributed by atoms with Gasteiger partial charge in [0, 0.05) is 38.5 Å². The second-order valence-electron chi connectivity index (χ2n) is 5.56. The van der Waals surface area contributed by atoms with E-state index in [9.17, 15) is 0 Å². The Balaban J connectivity index is 1.79. The zero-order valence-electron chi connectivity index (χ0n) is 11.7. The molecule has 0 saturated carbocycles. The second-order valence-corrected chi connectivity index (χ2v) is 5.56. The second kappa shape index (κ2) is 6.85. The molecular formula is C14H27NO3. The molecule has 18 heavy (non-hydrogen) atoms. The summed E-state index contributed by atoms with van der Waals surface area (Å²) < 4.78 is 17.0. The Kier molecular flexibility index (Phi) is 5.42. The highest BCUT2D eigenvalue weighted by Gasteiger charge is 2.39. The Labute approximate surface area is 110 Å². The van der Waals surface area contributed by atoms with Gasteiger partial charge in [-0.25, -0.2) is 0 Å². The number of hydrogen-bond donors (Lipinski definition) is 1. The molecule has 0 amide bonds. The van der Waals surface area contributed by atoms with Crippen LogP contribution in [-0.4, -0.2) is 50.7 Å². The first kappa shape index (κ1) is 14.3. The zero-order valence-corrected chi connectivity index (χ0v) is 11.7. The van der Waals surface area contributed by atoms with E-state index in [4.69, 9.17) is 14.2 Å². The van der Waals surface area contributed by atoms with Gasteiger partial charge >= 0.3 is 0 Å². The van der Waals surface area contributed by atoms with E-state index in [1.807, 2.05) is 6.92 Å². The highest BCUT2D eigenvalue weighted by Crippen LogP contribution is 2.34. The van der Waals surface area contributed by atoms with Gasteiger partial charge in [-0.15, -0.1) is 0 Å². The molecule has 2 fully saturated rings. The van der Waals surface area contributed by atoms with Crippen molar-refractivity contribution in [3.63, 3.8) is 0 Å². The van der Waals surface area contributed by atoms with Gasteiger partial charge in [0.2, 0.25) is 0 Å². The molecule has 106 valence electrons. The Bertz CT molecular complexity index is 236. The summed E-state index contributed by atoms with van der Waals surface area (Å²) in [6.07, 6.45) is 4.32. The molecule has 4 heteroatoms. The lowest BCUT2D eigenvalue weighted by Crippen LogP contribution is -2.52. The topological polar surface area (TPSA) is 39.7 Å². The molecular weight excluding hydrogens is 230 g/mol. The zero-order chi connectivity index (χ0) is 12.8. The molecule has 0 aromatic carbocycles. The molecule has 0 radical (unpaired) electrons. The van der Waals surface area contributed by atoms with Gasteiger partial charge in [-0.2, -0.15) is 0 Å². The molecule has 2 saturated heterocycles. The molecule has 0 bridgehead atoms. The lowest BCUT2D eigenvalue weighted by atomic mass is 9.84. The maximum Gasteiger partial charge on any atom is 0.0741 e. The third-order valence-corrected chi connectivity index (χ3v) is 3.99. The summed E-state index contributed by atoms with van der Waals surface area (Å²) in [7, 11) is 0. The highest BCUT2D eigenvalue weighted by atomic mass is 16.5. The van der Waals surface area contributed by atoms with Crippen molar-refractivity contribution in [1.29, 1.82) is 0 Å². The van der Waals surface area contributed by atoms with Crippen molar-refractivity contribution in [2.75, 3.05) is 33.0 Å². The van der Waals surface area contributed by atoms with Gasteiger partial charge in [0.15, 0.2) is 0 Å². The summed E-state index contributed by atoms with van der Waals surface area (Å²) in [4.78, 5) is 0. The quantitative estimate of drug-likeness (QED) is 0.814. The predicted molar refractivity (Wildman–Crippen MR) is 70.8 cm³/mol. The van der Waals surface area contributed by atoms with Gasteiger partial charge in [-0.1, -0.05) is 0 Å². The Hall–Kier alpha value is -0.160. The van der Waals surface area contributed by atoms with Crippen LogP contribution in [0.2, 0.25) is 0 Å². The van der Waals surface area contributed by atoms with E-state index >= 15 is 0 Å². The van der Waals surface area contributed by atoms with E-state index in [1.165, 1.54) is 0 Å². The van der Waals surface area contributed by atoms with Crippen LogP contribution in [0.1, 0.15) is 39.5 Å². The Morgan fingerprint density at radius 2 is 2.11 bits per heavy atom. The van der Waals surface area contributed by atoms with Crippen LogP contribution in [0.3, 0.4) is 0 Å². The maximum absolute atomic E-state index is 6.05. The molecule has 0 aromatic heterocycles. The Morgan fingerprint density at radius 1 is 1.33 bits per heavy atom. The summed E-state index contributed by atoms with van der Waals surface area (Å²) in [6, 6.07) is 0.984. The summed E-state index contributed by atoms with van der Waals surface area (Å²) >= 11 is 0. The lowest BCUT2D eigenvalue weighted by Gasteiger charge is -2.44. The first-order valence-electron chi connectivity index (χ1n) is 7.29. The minimum Gasteiger partial charge on any atom is -0.381 e. The normalized spacial score (nSPS) is 29.3. The minimum atomic E-state index is 0.0828. The summed E-state index contributed by atoms with van der Waals surface area (Å²) in [5, 5.41) is 3.68. The standard InChI is InChI=1S/C14H27NO3/c1-3-16-11-12(2)15-13-4-7-18-14(10-13)5-8-17-9-6-14/h12-13,15H,3-11H2,1-2H3. The summed E-state index contributed by atoms with van der Waals surface area (Å²) in [5.41, 5.74) is 0.0828. The van der Waals surface area contributed by atoms with E-state index < -0.39 is 0 Å². The van der Waals surface area contributed by atoms with Gasteiger partial charge < -0.3 is 19.5 Å². The molecule has 1 N–H and O–H groups in total. The largest absolute Gasteiger partial charge is 0.381 e. The average molecular weight is 257 g/mol. The van der Waals surface area contributed by atoms with Gasteiger partial charge in [-0.3, -0.25) is 0 Å². The SMILES string of the molecule is CCOCC(C)NC1CCOC2(CCOCC2)C1. The van der Waals surface area contributed by atoms with E-state index in [-0.39, 0.29) is 5.60 Å². The Morgan fingerprint density at radius 3 is 2.83 bits per heavy atom. The fourth-order valence-corrected chi connectivity index (χ4v) is 3.01. The molecule has 2 aliphatic rings. The number of hydrogen-bond acceptors (Lipinski definition) is 4. The fourth-order valence-electron chi connectivity index (χ4n) is 3.01. The molecule has 4 nitrogen and oxygen atoms in total. The summed E-state index contributed by atoms with van der Waals surface area (Å²) in [6.45, 7) is 8.40. The van der Waals surface area contributed by atoms with Crippen molar-refractivity contribution < 1.29 is 14.2 Å². The molecule has 0 aromatic rings. The number of rotatable bonds is 5. The monoisotopic (exact) mass is 257 g/mol. The van der Waals surface area contributed by atoms with E-state index in [0.717, 1.165) is 58.7 Å². The minimum absolute atomic E-state index is 0.0828. The van der Waals surface area contributed by atoms with Crippen LogP contribution in [0.4, 0.5) is 0 Å². The number of ether oxygens (including phenoxy) is 3. The molecule has 2 rings (SSSR count). The van der Waals surface area contributed by atoms with Crippen LogP contribution in [0.25, 0.3) is 0 Å². The third-order valence-electron chi connectivity index (χ3n) is 3.99. The molecule has 1 spiro atoms. The highest BCUT2D eigenvalue weighted by molar-refractivity contribution is 4.92. The van der Waals surface area contributed by atoms with Crippen molar-refractivity contribution in [3.05, 3.63) is 0 Å². The van der Waals surface area contributed by atoms with Gasteiger partial charge in [0.05, 0.1) is 12.2 Å². The van der Waals surface area contributed by atoms with Crippen LogP contribution in [0, 0.1) is 0 Å². The van der Waals surface area contributed by atoms with Crippen molar-refractivity contribution >= 4 is 0 Å². The predicted octanol–water partition coefficient (Wildman–Crippen LogP) is 1.73. The van der Waals surface area contributed by atoms with Crippen molar-refractivity contribution in [2.24, 2.45) is 0 Å². The van der Waals surface area contributed by atoms with Gasteiger partial charge in [0.1, 0.15) is 0 Å². The maximum atomic E-state index is 6.05. The van der Waals surface area contributed by atoms with Crippen molar-refractivity contribution in [2.45, 2.75) is 57.2 Å². The number of nitrogens with one attached hydrogen (secondary N) is 1. The van der Waals surface area contributed by atoms with Gasteiger partial charge in [0.25, 0.3) is 0 Å². The van der Waals surface area contributed by atoms with Crippen LogP contribution < -0.4 is 5.32 Å². The lowest BCUT2D eigenvalue weighted by molar-refractivity contribution is -0.141. The van der Waals surface area contributed by atoms with Crippen molar-refractivity contribution in [1.82, 2.24) is 5.32 Å². The van der Waals surface area contributed by atoms with E-state index in [2.05, 4.69) is 12.2 Å². The van der Waals surface area contributed by atoms with Crippen LogP contribution in [0.5, 0.6) is 0 Å².